The second kappa shape index (κ2) is 7.57. The van der Waals surface area contributed by atoms with E-state index < -0.39 is 5.97 Å². The molecule has 21 heavy (non-hydrogen) atoms. The van der Waals surface area contributed by atoms with Crippen LogP contribution in [0.1, 0.15) is 25.8 Å². The van der Waals surface area contributed by atoms with Gasteiger partial charge in [-0.2, -0.15) is 0 Å². The van der Waals surface area contributed by atoms with Gasteiger partial charge >= 0.3 is 5.97 Å². The first-order valence-electron chi connectivity index (χ1n) is 7.76. The lowest BCUT2D eigenvalue weighted by molar-refractivity contribution is -0.138. The van der Waals surface area contributed by atoms with Crippen LogP contribution in [0.2, 0.25) is 0 Å². The molecule has 1 N–H and O–H groups in total. The van der Waals surface area contributed by atoms with Crippen molar-refractivity contribution in [1.29, 1.82) is 0 Å². The molecular formula is C17H26N2O2. The highest BCUT2D eigenvalue weighted by Gasteiger charge is 2.26. The third kappa shape index (κ3) is 5.14. The van der Waals surface area contributed by atoms with Gasteiger partial charge in [-0.1, -0.05) is 30.3 Å². The quantitative estimate of drug-likeness (QED) is 0.837. The minimum Gasteiger partial charge on any atom is -0.480 e. The Morgan fingerprint density at radius 1 is 1.38 bits per heavy atom. The van der Waals surface area contributed by atoms with Gasteiger partial charge in [0.1, 0.15) is 0 Å². The third-order valence-corrected chi connectivity index (χ3v) is 4.18. The van der Waals surface area contributed by atoms with Crippen molar-refractivity contribution in [3.05, 3.63) is 35.9 Å². The molecule has 0 radical (unpaired) electrons. The highest BCUT2D eigenvalue weighted by atomic mass is 16.4. The summed E-state index contributed by atoms with van der Waals surface area (Å²) in [5.41, 5.74) is 1.35. The zero-order valence-electron chi connectivity index (χ0n) is 13.0. The summed E-state index contributed by atoms with van der Waals surface area (Å²) in [6.45, 7) is 8.34. The topological polar surface area (TPSA) is 43.8 Å². The first kappa shape index (κ1) is 16.0. The molecule has 0 spiro atoms. The number of aliphatic carboxylic acids is 1. The van der Waals surface area contributed by atoms with Gasteiger partial charge < -0.3 is 5.11 Å². The molecule has 1 atom stereocenters. The predicted octanol–water partition coefficient (Wildman–Crippen LogP) is 2.30. The van der Waals surface area contributed by atoms with Crippen LogP contribution in [0.25, 0.3) is 0 Å². The summed E-state index contributed by atoms with van der Waals surface area (Å²) >= 11 is 0. The molecule has 2 rings (SSSR count). The van der Waals surface area contributed by atoms with Crippen LogP contribution in [0.3, 0.4) is 0 Å². The lowest BCUT2D eigenvalue weighted by atomic mass is 10.1. The average Bonchev–Trinajstić information content (AvgIpc) is 2.86. The van der Waals surface area contributed by atoms with Gasteiger partial charge in [0.15, 0.2) is 0 Å². The lowest BCUT2D eigenvalue weighted by Gasteiger charge is -2.27. The van der Waals surface area contributed by atoms with Crippen molar-refractivity contribution >= 4 is 5.97 Å². The molecule has 0 amide bonds. The number of hydrogen-bond acceptors (Lipinski definition) is 3. The number of carbonyl (C=O) groups is 1. The van der Waals surface area contributed by atoms with Crippen LogP contribution in [0.4, 0.5) is 0 Å². The lowest BCUT2D eigenvalue weighted by Crippen LogP contribution is -2.39. The molecule has 1 heterocycles. The summed E-state index contributed by atoms with van der Waals surface area (Å²) in [6.07, 6.45) is 1.16. The highest BCUT2D eigenvalue weighted by Crippen LogP contribution is 2.20. The van der Waals surface area contributed by atoms with Crippen LogP contribution < -0.4 is 0 Å². The van der Waals surface area contributed by atoms with Crippen molar-refractivity contribution in [1.82, 2.24) is 9.80 Å². The fraction of sp³-hybridized carbons (Fsp3) is 0.588. The molecule has 0 unspecified atom stereocenters. The SMILES string of the molecule is CC(C)N(CC(=O)O)C[C@@H]1CCN(Cc2ccccc2)C1. The molecule has 1 aromatic rings. The number of rotatable bonds is 7. The number of likely N-dealkylation sites (tertiary alicyclic amines) is 1. The molecular weight excluding hydrogens is 264 g/mol. The molecule has 116 valence electrons. The number of carboxylic acids is 1. The van der Waals surface area contributed by atoms with E-state index in [1.165, 1.54) is 5.56 Å². The Bertz CT molecular complexity index is 447. The first-order chi connectivity index (χ1) is 10.0. The van der Waals surface area contributed by atoms with Crippen LogP contribution in [0.5, 0.6) is 0 Å². The van der Waals surface area contributed by atoms with Crippen molar-refractivity contribution < 1.29 is 9.90 Å². The second-order valence-corrected chi connectivity index (χ2v) is 6.29. The zero-order valence-corrected chi connectivity index (χ0v) is 13.0. The first-order valence-corrected chi connectivity index (χ1v) is 7.76. The molecule has 1 aliphatic rings. The van der Waals surface area contributed by atoms with Crippen LogP contribution in [0.15, 0.2) is 30.3 Å². The van der Waals surface area contributed by atoms with Crippen molar-refractivity contribution in [2.75, 3.05) is 26.2 Å². The van der Waals surface area contributed by atoms with Gasteiger partial charge in [-0.05, 0) is 38.3 Å². The van der Waals surface area contributed by atoms with E-state index >= 15 is 0 Å². The molecule has 1 saturated heterocycles. The van der Waals surface area contributed by atoms with Crippen molar-refractivity contribution in [2.45, 2.75) is 32.9 Å². The maximum atomic E-state index is 10.9. The van der Waals surface area contributed by atoms with E-state index in [2.05, 4.69) is 47.9 Å². The molecule has 0 aliphatic carbocycles. The van der Waals surface area contributed by atoms with Crippen LogP contribution in [-0.2, 0) is 11.3 Å². The van der Waals surface area contributed by atoms with E-state index in [1.54, 1.807) is 0 Å². The summed E-state index contributed by atoms with van der Waals surface area (Å²) in [5.74, 6) is -0.154. The van der Waals surface area contributed by atoms with Gasteiger partial charge in [0.25, 0.3) is 0 Å². The van der Waals surface area contributed by atoms with E-state index in [0.717, 1.165) is 32.6 Å². The minimum absolute atomic E-state index is 0.146. The maximum Gasteiger partial charge on any atom is 0.317 e. The fourth-order valence-electron chi connectivity index (χ4n) is 3.01. The van der Waals surface area contributed by atoms with Gasteiger partial charge in [0, 0.05) is 25.7 Å². The minimum atomic E-state index is -0.733. The number of carboxylic acid groups (broad SMARTS) is 1. The summed E-state index contributed by atoms with van der Waals surface area (Å²) < 4.78 is 0. The van der Waals surface area contributed by atoms with E-state index in [9.17, 15) is 4.79 Å². The maximum absolute atomic E-state index is 10.9. The number of hydrogen-bond donors (Lipinski definition) is 1. The van der Waals surface area contributed by atoms with Crippen molar-refractivity contribution in [3.8, 4) is 0 Å². The third-order valence-electron chi connectivity index (χ3n) is 4.18. The Balaban J connectivity index is 1.82. The standard InChI is InChI=1S/C17H26N2O2/c1-14(2)19(13-17(20)21)12-16-8-9-18(11-16)10-15-6-4-3-5-7-15/h3-7,14,16H,8-13H2,1-2H3,(H,20,21)/t16-/m1/s1. The summed E-state index contributed by atoms with van der Waals surface area (Å²) in [6, 6.07) is 10.8. The van der Waals surface area contributed by atoms with E-state index in [4.69, 9.17) is 5.11 Å². The normalized spacial score (nSPS) is 19.5. The van der Waals surface area contributed by atoms with Gasteiger partial charge in [-0.3, -0.25) is 14.6 Å². The number of benzene rings is 1. The van der Waals surface area contributed by atoms with E-state index in [1.807, 2.05) is 6.07 Å². The van der Waals surface area contributed by atoms with Gasteiger partial charge in [0.2, 0.25) is 0 Å². The molecule has 4 heteroatoms. The Labute approximate surface area is 127 Å². The zero-order chi connectivity index (χ0) is 15.2. The molecule has 4 nitrogen and oxygen atoms in total. The molecule has 1 fully saturated rings. The molecule has 0 bridgehead atoms. The Hall–Kier alpha value is -1.39. The Morgan fingerprint density at radius 3 is 2.71 bits per heavy atom. The molecule has 1 aliphatic heterocycles. The van der Waals surface area contributed by atoms with E-state index in [-0.39, 0.29) is 12.6 Å². The molecule has 1 aromatic carbocycles. The van der Waals surface area contributed by atoms with Crippen molar-refractivity contribution in [2.24, 2.45) is 5.92 Å². The molecule has 0 aromatic heterocycles. The largest absolute Gasteiger partial charge is 0.480 e. The highest BCUT2D eigenvalue weighted by molar-refractivity contribution is 5.69. The van der Waals surface area contributed by atoms with Crippen LogP contribution >= 0.6 is 0 Å². The molecule has 0 saturated carbocycles. The predicted molar refractivity (Wildman–Crippen MR) is 84.2 cm³/mol. The Kier molecular flexibility index (Phi) is 5.76. The van der Waals surface area contributed by atoms with Gasteiger partial charge in [-0.15, -0.1) is 0 Å². The monoisotopic (exact) mass is 290 g/mol. The van der Waals surface area contributed by atoms with Gasteiger partial charge in [-0.25, -0.2) is 0 Å². The Morgan fingerprint density at radius 2 is 2.10 bits per heavy atom. The number of nitrogens with zero attached hydrogens (tertiary/aromatic N) is 2. The van der Waals surface area contributed by atoms with E-state index in [0.29, 0.717) is 5.92 Å². The summed E-state index contributed by atoms with van der Waals surface area (Å²) in [5, 5.41) is 9.00. The summed E-state index contributed by atoms with van der Waals surface area (Å²) in [4.78, 5) is 15.5. The smallest absolute Gasteiger partial charge is 0.317 e. The average molecular weight is 290 g/mol. The van der Waals surface area contributed by atoms with Gasteiger partial charge in [0.05, 0.1) is 6.54 Å². The van der Waals surface area contributed by atoms with Crippen LogP contribution in [0, 0.1) is 5.92 Å². The van der Waals surface area contributed by atoms with Crippen molar-refractivity contribution in [3.63, 3.8) is 0 Å². The van der Waals surface area contributed by atoms with Crippen LogP contribution in [-0.4, -0.2) is 53.1 Å². The second-order valence-electron chi connectivity index (χ2n) is 6.29. The summed E-state index contributed by atoms with van der Waals surface area (Å²) in [7, 11) is 0. The fourth-order valence-corrected chi connectivity index (χ4v) is 3.01.